The molecule has 0 saturated carbocycles. The van der Waals surface area contributed by atoms with Crippen molar-refractivity contribution in [3.05, 3.63) is 53.3 Å². The van der Waals surface area contributed by atoms with Gasteiger partial charge in [0.25, 0.3) is 0 Å². The van der Waals surface area contributed by atoms with Crippen molar-refractivity contribution in [3.8, 4) is 0 Å². The van der Waals surface area contributed by atoms with Gasteiger partial charge in [-0.05, 0) is 30.7 Å². The summed E-state index contributed by atoms with van der Waals surface area (Å²) in [5, 5.41) is 3.29. The van der Waals surface area contributed by atoms with Crippen molar-refractivity contribution in [2.75, 3.05) is 5.32 Å². The molecule has 0 bridgehead atoms. The second kappa shape index (κ2) is 5.19. The van der Waals surface area contributed by atoms with Gasteiger partial charge in [-0.25, -0.2) is 4.98 Å². The minimum atomic E-state index is 0.745. The highest BCUT2D eigenvalue weighted by Gasteiger charge is 2.02. The third kappa shape index (κ3) is 2.97. The maximum absolute atomic E-state index is 4.28. The van der Waals surface area contributed by atoms with Gasteiger partial charge in [-0.1, -0.05) is 22.0 Å². The van der Waals surface area contributed by atoms with Crippen molar-refractivity contribution >= 4 is 27.6 Å². The Kier molecular flexibility index (Phi) is 3.64. The number of aromatic nitrogens is 2. The summed E-state index contributed by atoms with van der Waals surface area (Å²) in [7, 11) is 0. The van der Waals surface area contributed by atoms with Crippen molar-refractivity contribution in [2.45, 2.75) is 13.5 Å². The van der Waals surface area contributed by atoms with Gasteiger partial charge in [0.1, 0.15) is 0 Å². The van der Waals surface area contributed by atoms with Crippen molar-refractivity contribution in [1.82, 2.24) is 9.55 Å². The van der Waals surface area contributed by atoms with Crippen LogP contribution in [0.25, 0.3) is 0 Å². The van der Waals surface area contributed by atoms with Crippen LogP contribution in [-0.2, 0) is 6.54 Å². The Bertz CT molecular complexity index is 511. The van der Waals surface area contributed by atoms with Crippen molar-refractivity contribution in [3.63, 3.8) is 0 Å². The van der Waals surface area contributed by atoms with E-state index in [1.54, 1.807) is 6.20 Å². The smallest absolute Gasteiger partial charge is 0.207 e. The van der Waals surface area contributed by atoms with E-state index in [2.05, 4.69) is 51.9 Å². The highest BCUT2D eigenvalue weighted by Crippen LogP contribution is 2.22. The Morgan fingerprint density at radius 1 is 1.47 bits per heavy atom. The predicted octanol–water partition coefficient (Wildman–Crippen LogP) is 3.88. The van der Waals surface area contributed by atoms with Gasteiger partial charge in [0.2, 0.25) is 5.95 Å². The van der Waals surface area contributed by atoms with E-state index in [0.717, 1.165) is 22.7 Å². The van der Waals surface area contributed by atoms with E-state index in [-0.39, 0.29) is 0 Å². The number of anilines is 2. The van der Waals surface area contributed by atoms with Crippen LogP contribution in [0.2, 0.25) is 0 Å². The molecule has 0 unspecified atom stereocenters. The zero-order valence-corrected chi connectivity index (χ0v) is 11.2. The number of nitrogens with one attached hydrogen (secondary N) is 1. The Labute approximate surface area is 109 Å². The van der Waals surface area contributed by atoms with E-state index >= 15 is 0 Å². The quantitative estimate of drug-likeness (QED) is 0.867. The molecule has 0 saturated heterocycles. The zero-order valence-electron chi connectivity index (χ0n) is 9.65. The van der Waals surface area contributed by atoms with Gasteiger partial charge in [-0.2, -0.15) is 0 Å². The molecule has 88 valence electrons. The lowest BCUT2D eigenvalue weighted by atomic mass is 10.2. The summed E-state index contributed by atoms with van der Waals surface area (Å²) in [5.41, 5.74) is 2.22. The van der Waals surface area contributed by atoms with Gasteiger partial charge < -0.3 is 9.88 Å². The maximum atomic E-state index is 4.28. The van der Waals surface area contributed by atoms with Crippen molar-refractivity contribution < 1.29 is 0 Å². The predicted molar refractivity (Wildman–Crippen MR) is 74.6 cm³/mol. The van der Waals surface area contributed by atoms with E-state index < -0.39 is 0 Å². The lowest BCUT2D eigenvalue weighted by molar-refractivity contribution is 0.833. The molecule has 2 aromatic rings. The Morgan fingerprint density at radius 3 is 3.00 bits per heavy atom. The van der Waals surface area contributed by atoms with Gasteiger partial charge in [-0.15, -0.1) is 6.58 Å². The maximum Gasteiger partial charge on any atom is 0.207 e. The van der Waals surface area contributed by atoms with Crippen LogP contribution >= 0.6 is 15.9 Å². The van der Waals surface area contributed by atoms with E-state index in [1.807, 2.05) is 22.9 Å². The van der Waals surface area contributed by atoms with Crippen LogP contribution in [0.3, 0.4) is 0 Å². The second-order valence-electron chi connectivity index (χ2n) is 3.83. The van der Waals surface area contributed by atoms with Crippen LogP contribution in [0.4, 0.5) is 11.6 Å². The average Bonchev–Trinajstić information content (AvgIpc) is 2.65. The monoisotopic (exact) mass is 291 g/mol. The van der Waals surface area contributed by atoms with Gasteiger partial charge in [0.05, 0.1) is 0 Å². The Balaban J connectivity index is 2.24. The number of hydrogen-bond acceptors (Lipinski definition) is 2. The Hall–Kier alpha value is -1.55. The number of imidazole rings is 1. The number of nitrogens with zero attached hydrogens (tertiary/aromatic N) is 2. The van der Waals surface area contributed by atoms with Gasteiger partial charge >= 0.3 is 0 Å². The standard InChI is InChI=1S/C13H14BrN3/c1-3-5-17-6-4-15-13(17)16-12-8-10(2)7-11(14)9-12/h3-4,6-9H,1,5H2,2H3,(H,15,16). The number of halogens is 1. The molecule has 0 aliphatic heterocycles. The van der Waals surface area contributed by atoms with Crippen LogP contribution in [0, 0.1) is 6.92 Å². The van der Waals surface area contributed by atoms with Crippen molar-refractivity contribution in [2.24, 2.45) is 0 Å². The van der Waals surface area contributed by atoms with Crippen LogP contribution in [0.1, 0.15) is 5.56 Å². The summed E-state index contributed by atoms with van der Waals surface area (Å²) in [6, 6.07) is 6.18. The van der Waals surface area contributed by atoms with E-state index in [1.165, 1.54) is 5.56 Å². The molecular weight excluding hydrogens is 278 g/mol. The summed E-state index contributed by atoms with van der Waals surface area (Å²) in [6.07, 6.45) is 5.55. The van der Waals surface area contributed by atoms with Crippen LogP contribution in [0.15, 0.2) is 47.7 Å². The molecule has 1 aromatic carbocycles. The topological polar surface area (TPSA) is 29.9 Å². The molecule has 0 fully saturated rings. The number of hydrogen-bond donors (Lipinski definition) is 1. The molecule has 3 nitrogen and oxygen atoms in total. The molecular formula is C13H14BrN3. The number of rotatable bonds is 4. The van der Waals surface area contributed by atoms with Gasteiger partial charge in [0.15, 0.2) is 0 Å². The highest BCUT2D eigenvalue weighted by molar-refractivity contribution is 9.10. The van der Waals surface area contributed by atoms with E-state index in [9.17, 15) is 0 Å². The normalized spacial score (nSPS) is 10.2. The molecule has 1 aromatic heterocycles. The van der Waals surface area contributed by atoms with Gasteiger partial charge in [-0.3, -0.25) is 0 Å². The van der Waals surface area contributed by atoms with E-state index in [4.69, 9.17) is 0 Å². The summed E-state index contributed by atoms with van der Waals surface area (Å²) in [4.78, 5) is 4.28. The first-order valence-corrected chi connectivity index (χ1v) is 6.14. The first kappa shape index (κ1) is 11.9. The Morgan fingerprint density at radius 2 is 2.29 bits per heavy atom. The summed E-state index contributed by atoms with van der Waals surface area (Å²) in [6.45, 7) is 6.54. The van der Waals surface area contributed by atoms with Gasteiger partial charge in [0, 0.05) is 29.1 Å². The third-order valence-corrected chi connectivity index (χ3v) is 2.80. The van der Waals surface area contributed by atoms with E-state index in [0.29, 0.717) is 0 Å². The van der Waals surface area contributed by atoms with Crippen LogP contribution in [-0.4, -0.2) is 9.55 Å². The van der Waals surface area contributed by atoms with Crippen LogP contribution < -0.4 is 5.32 Å². The first-order chi connectivity index (χ1) is 8.19. The fraction of sp³-hybridized carbons (Fsp3) is 0.154. The fourth-order valence-corrected chi connectivity index (χ4v) is 2.26. The minimum Gasteiger partial charge on any atom is -0.326 e. The molecule has 4 heteroatoms. The first-order valence-electron chi connectivity index (χ1n) is 5.35. The molecule has 1 heterocycles. The number of aryl methyl sites for hydroxylation is 1. The lowest BCUT2D eigenvalue weighted by Gasteiger charge is -2.09. The molecule has 0 amide bonds. The largest absolute Gasteiger partial charge is 0.326 e. The molecule has 0 aliphatic carbocycles. The van der Waals surface area contributed by atoms with Crippen LogP contribution in [0.5, 0.6) is 0 Å². The van der Waals surface area contributed by atoms with Crippen molar-refractivity contribution in [1.29, 1.82) is 0 Å². The summed E-state index contributed by atoms with van der Waals surface area (Å²) in [5.74, 6) is 0.822. The lowest BCUT2D eigenvalue weighted by Crippen LogP contribution is -2.02. The molecule has 0 atom stereocenters. The number of benzene rings is 1. The minimum absolute atomic E-state index is 0.745. The number of allylic oxidation sites excluding steroid dienone is 1. The summed E-state index contributed by atoms with van der Waals surface area (Å²) >= 11 is 3.48. The molecule has 17 heavy (non-hydrogen) atoms. The summed E-state index contributed by atoms with van der Waals surface area (Å²) < 4.78 is 3.06. The fourth-order valence-electron chi connectivity index (χ4n) is 1.66. The molecule has 0 radical (unpaired) electrons. The average molecular weight is 292 g/mol. The third-order valence-electron chi connectivity index (χ3n) is 2.34. The zero-order chi connectivity index (χ0) is 12.3. The second-order valence-corrected chi connectivity index (χ2v) is 4.75. The highest BCUT2D eigenvalue weighted by atomic mass is 79.9. The molecule has 2 rings (SSSR count). The molecule has 1 N–H and O–H groups in total. The molecule has 0 spiro atoms. The SMILES string of the molecule is C=CCn1ccnc1Nc1cc(C)cc(Br)c1. The molecule has 0 aliphatic rings.